The molecule has 140 valence electrons. The maximum absolute atomic E-state index is 11.7. The van der Waals surface area contributed by atoms with Gasteiger partial charge in [0.1, 0.15) is 5.60 Å². The molecule has 1 aromatic carbocycles. The van der Waals surface area contributed by atoms with E-state index in [0.717, 1.165) is 10.4 Å². The van der Waals surface area contributed by atoms with Crippen molar-refractivity contribution in [3.8, 4) is 0 Å². The van der Waals surface area contributed by atoms with Gasteiger partial charge in [-0.15, -0.1) is 11.3 Å². The van der Waals surface area contributed by atoms with Crippen LogP contribution in [0.15, 0.2) is 46.8 Å². The van der Waals surface area contributed by atoms with Crippen LogP contribution in [0.1, 0.15) is 34.6 Å². The van der Waals surface area contributed by atoms with Gasteiger partial charge in [0.15, 0.2) is 5.96 Å². The Morgan fingerprint density at radius 2 is 2.08 bits per heavy atom. The molecule has 0 aliphatic heterocycles. The van der Waals surface area contributed by atoms with Gasteiger partial charge < -0.3 is 21.1 Å². The number of carbonyl (C=O) groups excluding carboxylic acids is 1. The molecular weight excluding hydrogens is 348 g/mol. The lowest BCUT2D eigenvalue weighted by Crippen LogP contribution is -2.44. The molecule has 6 nitrogen and oxygen atoms in total. The zero-order chi connectivity index (χ0) is 19.0. The highest BCUT2D eigenvalue weighted by molar-refractivity contribution is 7.10. The number of benzene rings is 1. The van der Waals surface area contributed by atoms with Gasteiger partial charge >= 0.3 is 0 Å². The molecule has 1 atom stereocenters. The Kier molecular flexibility index (Phi) is 7.17. The minimum Gasteiger partial charge on any atom is -0.383 e. The lowest BCUT2D eigenvalue weighted by molar-refractivity contribution is 0.0655. The minimum absolute atomic E-state index is 0.118. The van der Waals surface area contributed by atoms with Gasteiger partial charge in [0, 0.05) is 24.0 Å². The Morgan fingerprint density at radius 1 is 1.27 bits per heavy atom. The van der Waals surface area contributed by atoms with Gasteiger partial charge in [-0.2, -0.15) is 0 Å². The van der Waals surface area contributed by atoms with Gasteiger partial charge in [-0.1, -0.05) is 18.2 Å². The Morgan fingerprint density at radius 3 is 2.73 bits per heavy atom. The molecule has 0 saturated heterocycles. The smallest absolute Gasteiger partial charge is 0.251 e. The second-order valence-electron chi connectivity index (χ2n) is 6.08. The Bertz CT molecular complexity index is 742. The van der Waals surface area contributed by atoms with Crippen LogP contribution >= 0.6 is 11.3 Å². The molecule has 26 heavy (non-hydrogen) atoms. The van der Waals surface area contributed by atoms with Crippen molar-refractivity contribution in [3.05, 3.63) is 57.8 Å². The number of nitrogens with one attached hydrogen (secondary N) is 3. The first kappa shape index (κ1) is 19.9. The van der Waals surface area contributed by atoms with Crippen LogP contribution in [0.3, 0.4) is 0 Å². The van der Waals surface area contributed by atoms with E-state index in [2.05, 4.69) is 20.9 Å². The summed E-state index contributed by atoms with van der Waals surface area (Å²) in [5, 5.41) is 21.5. The van der Waals surface area contributed by atoms with Crippen molar-refractivity contribution in [2.24, 2.45) is 4.99 Å². The fourth-order valence-electron chi connectivity index (χ4n) is 2.40. The first-order chi connectivity index (χ1) is 12.5. The molecule has 0 saturated carbocycles. The predicted octanol–water partition coefficient (Wildman–Crippen LogP) is 2.07. The number of thiophene rings is 1. The summed E-state index contributed by atoms with van der Waals surface area (Å²) in [7, 11) is 1.61. The lowest BCUT2D eigenvalue weighted by Gasteiger charge is -2.23. The van der Waals surface area contributed by atoms with Crippen molar-refractivity contribution in [2.45, 2.75) is 26.0 Å². The molecule has 1 aromatic heterocycles. The number of amides is 1. The second-order valence-corrected chi connectivity index (χ2v) is 7.03. The average molecular weight is 375 g/mol. The monoisotopic (exact) mass is 374 g/mol. The molecule has 0 bridgehead atoms. The van der Waals surface area contributed by atoms with Crippen LogP contribution < -0.4 is 16.0 Å². The maximum Gasteiger partial charge on any atom is 0.251 e. The van der Waals surface area contributed by atoms with E-state index in [1.165, 1.54) is 11.3 Å². The molecule has 0 aliphatic rings. The molecule has 2 aromatic rings. The van der Waals surface area contributed by atoms with Crippen molar-refractivity contribution in [2.75, 3.05) is 20.1 Å². The summed E-state index contributed by atoms with van der Waals surface area (Å²) < 4.78 is 0. The summed E-state index contributed by atoms with van der Waals surface area (Å²) in [4.78, 5) is 17.2. The van der Waals surface area contributed by atoms with Crippen LogP contribution in [-0.2, 0) is 12.1 Å². The number of aliphatic hydroxyl groups is 1. The van der Waals surface area contributed by atoms with Crippen molar-refractivity contribution >= 4 is 23.2 Å². The molecule has 7 heteroatoms. The van der Waals surface area contributed by atoms with E-state index in [1.807, 2.05) is 42.6 Å². The average Bonchev–Trinajstić information content (AvgIpc) is 3.19. The van der Waals surface area contributed by atoms with Crippen LogP contribution in [0.5, 0.6) is 0 Å². The molecule has 2 rings (SSSR count). The third kappa shape index (κ3) is 5.57. The Labute approximate surface area is 158 Å². The number of hydrogen-bond acceptors (Lipinski definition) is 4. The van der Waals surface area contributed by atoms with Crippen LogP contribution in [-0.4, -0.2) is 37.1 Å². The molecule has 0 aliphatic carbocycles. The first-order valence-corrected chi connectivity index (χ1v) is 9.44. The van der Waals surface area contributed by atoms with Crippen LogP contribution in [0.4, 0.5) is 0 Å². The van der Waals surface area contributed by atoms with Gasteiger partial charge in [0.05, 0.1) is 13.1 Å². The fraction of sp³-hybridized carbons (Fsp3) is 0.368. The zero-order valence-electron chi connectivity index (χ0n) is 15.4. The normalized spacial score (nSPS) is 13.8. The molecule has 1 amide bonds. The number of carbonyl (C=O) groups is 1. The minimum atomic E-state index is -0.969. The van der Waals surface area contributed by atoms with Gasteiger partial charge in [0.2, 0.25) is 0 Å². The second kappa shape index (κ2) is 9.35. The highest BCUT2D eigenvalue weighted by atomic mass is 32.1. The predicted molar refractivity (Wildman–Crippen MR) is 107 cm³/mol. The standard InChI is InChI=1S/C19H26N4O2S/c1-4-21-18(23-13-19(2,25)16-9-6-10-26-16)22-12-14-7-5-8-15(11-14)17(24)20-3/h5-11,25H,4,12-13H2,1-3H3,(H,20,24)(H2,21,22,23). The van der Waals surface area contributed by atoms with E-state index in [4.69, 9.17) is 0 Å². The zero-order valence-corrected chi connectivity index (χ0v) is 16.2. The van der Waals surface area contributed by atoms with Crippen molar-refractivity contribution in [1.82, 2.24) is 16.0 Å². The quantitative estimate of drug-likeness (QED) is 0.441. The topological polar surface area (TPSA) is 85.8 Å². The van der Waals surface area contributed by atoms with Gasteiger partial charge in [-0.25, -0.2) is 4.99 Å². The number of nitrogens with zero attached hydrogens (tertiary/aromatic N) is 1. The van der Waals surface area contributed by atoms with Gasteiger partial charge in [-0.05, 0) is 43.0 Å². The molecule has 1 unspecified atom stereocenters. The van der Waals surface area contributed by atoms with E-state index >= 15 is 0 Å². The largest absolute Gasteiger partial charge is 0.383 e. The van der Waals surface area contributed by atoms with Gasteiger partial charge in [0.25, 0.3) is 5.91 Å². The highest BCUT2D eigenvalue weighted by Gasteiger charge is 2.24. The summed E-state index contributed by atoms with van der Waals surface area (Å²) >= 11 is 1.52. The molecule has 1 heterocycles. The molecular formula is C19H26N4O2S. The molecule has 0 spiro atoms. The lowest BCUT2D eigenvalue weighted by atomic mass is 10.1. The molecule has 0 fully saturated rings. The van der Waals surface area contributed by atoms with E-state index in [1.54, 1.807) is 20.0 Å². The number of guanidine groups is 1. The van der Waals surface area contributed by atoms with E-state index in [-0.39, 0.29) is 5.91 Å². The summed E-state index contributed by atoms with van der Waals surface area (Å²) in [6, 6.07) is 11.2. The first-order valence-electron chi connectivity index (χ1n) is 8.56. The maximum atomic E-state index is 11.7. The van der Waals surface area contributed by atoms with Crippen molar-refractivity contribution in [1.29, 1.82) is 0 Å². The van der Waals surface area contributed by atoms with Crippen molar-refractivity contribution < 1.29 is 9.90 Å². The number of rotatable bonds is 7. The molecule has 0 radical (unpaired) electrons. The van der Waals surface area contributed by atoms with E-state index in [0.29, 0.717) is 31.2 Å². The summed E-state index contributed by atoms with van der Waals surface area (Å²) in [6.07, 6.45) is 0. The Hall–Kier alpha value is -2.38. The van der Waals surface area contributed by atoms with E-state index in [9.17, 15) is 9.90 Å². The third-order valence-corrected chi connectivity index (χ3v) is 4.96. The SMILES string of the molecule is CCNC(=NCc1cccc(C(=O)NC)c1)NCC(C)(O)c1cccs1. The third-order valence-electron chi connectivity index (χ3n) is 3.83. The fourth-order valence-corrected chi connectivity index (χ4v) is 3.18. The van der Waals surface area contributed by atoms with Crippen LogP contribution in [0.25, 0.3) is 0 Å². The van der Waals surface area contributed by atoms with Crippen molar-refractivity contribution in [3.63, 3.8) is 0 Å². The van der Waals surface area contributed by atoms with Crippen LogP contribution in [0.2, 0.25) is 0 Å². The summed E-state index contributed by atoms with van der Waals surface area (Å²) in [5.74, 6) is 0.502. The molecule has 4 N–H and O–H groups in total. The Balaban J connectivity index is 2.03. The number of hydrogen-bond donors (Lipinski definition) is 4. The van der Waals surface area contributed by atoms with Crippen LogP contribution in [0, 0.1) is 0 Å². The van der Waals surface area contributed by atoms with Gasteiger partial charge in [-0.3, -0.25) is 4.79 Å². The summed E-state index contributed by atoms with van der Waals surface area (Å²) in [5.41, 5.74) is 0.579. The van der Waals surface area contributed by atoms with E-state index < -0.39 is 5.60 Å². The highest BCUT2D eigenvalue weighted by Crippen LogP contribution is 2.24. The number of aliphatic imine (C=N–C) groups is 1. The summed E-state index contributed by atoms with van der Waals surface area (Å²) in [6.45, 7) is 5.26.